The summed E-state index contributed by atoms with van der Waals surface area (Å²) in [4.78, 5) is 12.8. The van der Waals surface area contributed by atoms with Crippen molar-refractivity contribution in [3.63, 3.8) is 0 Å². The van der Waals surface area contributed by atoms with Gasteiger partial charge < -0.3 is 19.8 Å². The summed E-state index contributed by atoms with van der Waals surface area (Å²) in [6.07, 6.45) is 3.89. The van der Waals surface area contributed by atoms with E-state index in [2.05, 4.69) is 15.0 Å². The van der Waals surface area contributed by atoms with Gasteiger partial charge in [0.05, 0.1) is 17.0 Å². The van der Waals surface area contributed by atoms with E-state index in [1.54, 1.807) is 19.2 Å². The molecule has 0 saturated carbocycles. The van der Waals surface area contributed by atoms with Crippen LogP contribution in [0.1, 0.15) is 49.6 Å². The first-order chi connectivity index (χ1) is 17.6. The van der Waals surface area contributed by atoms with Crippen molar-refractivity contribution < 1.29 is 22.6 Å². The molecule has 0 unspecified atom stereocenters. The molecule has 1 aliphatic heterocycles. The number of fused-ring (bicyclic) bond motifs is 3. The standard InChI is InChI=1S/C27H26F3N5O2/c1-13-8-15-9-18(24(29)30)21(28)16(19(15)11-32-13)5-4-14-10-20(23-22(14)36-27(2,3)37-23)35-7-6-17-25(31)33-12-34-26(17)35/h6-12,20,22-24H,4-5H2,1-3H3,(H2,31,33,34)/t20-,22-,23+/m1/s1. The molecule has 192 valence electrons. The number of nitrogen functional groups attached to an aromatic ring is 1. The van der Waals surface area contributed by atoms with Gasteiger partial charge in [-0.1, -0.05) is 6.08 Å². The summed E-state index contributed by atoms with van der Waals surface area (Å²) in [5.74, 6) is -1.32. The molecule has 7 nitrogen and oxygen atoms in total. The quantitative estimate of drug-likeness (QED) is 0.354. The van der Waals surface area contributed by atoms with Gasteiger partial charge in [-0.3, -0.25) is 4.98 Å². The molecule has 3 aromatic heterocycles. The highest BCUT2D eigenvalue weighted by molar-refractivity contribution is 5.87. The lowest BCUT2D eigenvalue weighted by Crippen LogP contribution is -2.27. The van der Waals surface area contributed by atoms with Crippen LogP contribution in [0.3, 0.4) is 0 Å². The fourth-order valence-corrected chi connectivity index (χ4v) is 5.58. The molecule has 0 bridgehead atoms. The molecule has 3 atom stereocenters. The van der Waals surface area contributed by atoms with Gasteiger partial charge in [-0.25, -0.2) is 23.1 Å². The van der Waals surface area contributed by atoms with Gasteiger partial charge in [0.25, 0.3) is 6.43 Å². The van der Waals surface area contributed by atoms with Crippen LogP contribution in [0.5, 0.6) is 0 Å². The molecular weight excluding hydrogens is 483 g/mol. The topological polar surface area (TPSA) is 88.1 Å². The Morgan fingerprint density at radius 3 is 2.70 bits per heavy atom. The minimum Gasteiger partial charge on any atom is -0.383 e. The fraction of sp³-hybridized carbons (Fsp3) is 0.370. The highest BCUT2D eigenvalue weighted by Crippen LogP contribution is 2.45. The van der Waals surface area contributed by atoms with Gasteiger partial charge in [-0.05, 0) is 68.3 Å². The molecule has 2 N–H and O–H groups in total. The molecule has 1 saturated heterocycles. The van der Waals surface area contributed by atoms with Gasteiger partial charge in [0.1, 0.15) is 35.8 Å². The van der Waals surface area contributed by atoms with Gasteiger partial charge in [-0.15, -0.1) is 0 Å². The van der Waals surface area contributed by atoms with Gasteiger partial charge in [-0.2, -0.15) is 0 Å². The predicted octanol–water partition coefficient (Wildman–Crippen LogP) is 5.58. The number of rotatable bonds is 5. The number of pyridine rings is 1. The minimum absolute atomic E-state index is 0.209. The molecule has 6 rings (SSSR count). The van der Waals surface area contributed by atoms with Gasteiger partial charge in [0, 0.05) is 23.5 Å². The molecule has 37 heavy (non-hydrogen) atoms. The Morgan fingerprint density at radius 1 is 1.11 bits per heavy atom. The van der Waals surface area contributed by atoms with Crippen molar-refractivity contribution in [2.24, 2.45) is 0 Å². The molecule has 0 amide bonds. The zero-order valence-electron chi connectivity index (χ0n) is 20.6. The van der Waals surface area contributed by atoms with Crippen LogP contribution < -0.4 is 5.73 Å². The molecule has 10 heteroatoms. The largest absolute Gasteiger partial charge is 0.383 e. The molecule has 1 aromatic carbocycles. The number of hydrogen-bond acceptors (Lipinski definition) is 6. The highest BCUT2D eigenvalue weighted by Gasteiger charge is 2.50. The number of alkyl halides is 2. The third-order valence-electron chi connectivity index (χ3n) is 7.20. The van der Waals surface area contributed by atoms with Crippen molar-refractivity contribution in [3.8, 4) is 0 Å². The van der Waals surface area contributed by atoms with E-state index in [9.17, 15) is 8.78 Å². The van der Waals surface area contributed by atoms with Crippen LogP contribution in [0.25, 0.3) is 21.8 Å². The van der Waals surface area contributed by atoms with E-state index in [4.69, 9.17) is 15.2 Å². The lowest BCUT2D eigenvalue weighted by atomic mass is 9.95. The molecule has 4 aromatic rings. The zero-order chi connectivity index (χ0) is 26.1. The third kappa shape index (κ3) is 3.95. The average molecular weight is 510 g/mol. The van der Waals surface area contributed by atoms with E-state index in [-0.39, 0.29) is 30.2 Å². The molecule has 1 fully saturated rings. The highest BCUT2D eigenvalue weighted by atomic mass is 19.3. The fourth-order valence-electron chi connectivity index (χ4n) is 5.58. The summed E-state index contributed by atoms with van der Waals surface area (Å²) >= 11 is 0. The number of anilines is 1. The molecule has 2 aliphatic rings. The lowest BCUT2D eigenvalue weighted by molar-refractivity contribution is -0.147. The summed E-state index contributed by atoms with van der Waals surface area (Å²) in [5, 5.41) is 1.82. The van der Waals surface area contributed by atoms with Crippen molar-refractivity contribution in [3.05, 3.63) is 71.2 Å². The Kier molecular flexibility index (Phi) is 5.50. The molecular formula is C27H26F3N5O2. The molecule has 1 aliphatic carbocycles. The van der Waals surface area contributed by atoms with Gasteiger partial charge in [0.15, 0.2) is 5.79 Å². The summed E-state index contributed by atoms with van der Waals surface area (Å²) in [6.45, 7) is 5.47. The number of halogens is 3. The van der Waals surface area contributed by atoms with E-state index < -0.39 is 23.6 Å². The van der Waals surface area contributed by atoms with Crippen molar-refractivity contribution in [2.75, 3.05) is 5.73 Å². The van der Waals surface area contributed by atoms with Crippen LogP contribution in [0, 0.1) is 12.7 Å². The predicted molar refractivity (Wildman–Crippen MR) is 133 cm³/mol. The van der Waals surface area contributed by atoms with E-state index in [0.717, 1.165) is 11.0 Å². The SMILES string of the molecule is Cc1cc2cc(C(F)F)c(F)c(CCC3=C[C@@H](n4ccc5c(N)ncnc54)[C@@H]4OC(C)(C)O[C@H]34)c2cn1. The normalized spacial score (nSPS) is 22.8. The summed E-state index contributed by atoms with van der Waals surface area (Å²) in [6, 6.07) is 4.53. The maximum absolute atomic E-state index is 15.3. The van der Waals surface area contributed by atoms with Crippen LogP contribution in [-0.4, -0.2) is 37.5 Å². The number of ether oxygens (including phenoxy) is 2. The number of benzene rings is 1. The number of aryl methyl sites for hydroxylation is 2. The van der Waals surface area contributed by atoms with E-state index in [1.165, 1.54) is 12.4 Å². The number of hydrogen-bond donors (Lipinski definition) is 1. The van der Waals surface area contributed by atoms with Crippen molar-refractivity contribution in [1.29, 1.82) is 0 Å². The summed E-state index contributed by atoms with van der Waals surface area (Å²) < 4.78 is 57.2. The Hall–Kier alpha value is -3.50. The monoisotopic (exact) mass is 509 g/mol. The lowest BCUT2D eigenvalue weighted by Gasteiger charge is -2.22. The average Bonchev–Trinajstić information content (AvgIpc) is 3.49. The molecule has 4 heterocycles. The zero-order valence-corrected chi connectivity index (χ0v) is 20.6. The van der Waals surface area contributed by atoms with Gasteiger partial charge >= 0.3 is 0 Å². The Morgan fingerprint density at radius 2 is 1.92 bits per heavy atom. The van der Waals surface area contributed by atoms with Crippen LogP contribution in [-0.2, 0) is 15.9 Å². The van der Waals surface area contributed by atoms with Crippen LogP contribution in [0.15, 0.2) is 48.6 Å². The molecule has 0 radical (unpaired) electrons. The Labute approximate surface area is 211 Å². The minimum atomic E-state index is -2.92. The van der Waals surface area contributed by atoms with E-state index in [0.29, 0.717) is 34.4 Å². The second-order valence-electron chi connectivity index (χ2n) is 10.1. The van der Waals surface area contributed by atoms with Crippen LogP contribution in [0.4, 0.5) is 19.0 Å². The summed E-state index contributed by atoms with van der Waals surface area (Å²) in [5.41, 5.74) is 7.93. The number of nitrogens with two attached hydrogens (primary N) is 1. The second-order valence-corrected chi connectivity index (χ2v) is 10.1. The maximum Gasteiger partial charge on any atom is 0.266 e. The van der Waals surface area contributed by atoms with E-state index >= 15 is 4.39 Å². The van der Waals surface area contributed by atoms with Crippen LogP contribution >= 0.6 is 0 Å². The van der Waals surface area contributed by atoms with Crippen LogP contribution in [0.2, 0.25) is 0 Å². The third-order valence-corrected chi connectivity index (χ3v) is 7.20. The molecule has 0 spiro atoms. The number of aromatic nitrogens is 4. The van der Waals surface area contributed by atoms with Crippen molar-refractivity contribution >= 4 is 27.6 Å². The Balaban J connectivity index is 1.39. The Bertz CT molecular complexity index is 1560. The van der Waals surface area contributed by atoms with E-state index in [1.807, 2.05) is 36.8 Å². The maximum atomic E-state index is 15.3. The second kappa shape index (κ2) is 8.53. The van der Waals surface area contributed by atoms with Gasteiger partial charge in [0.2, 0.25) is 0 Å². The number of nitrogens with zero attached hydrogens (tertiary/aromatic N) is 4. The first kappa shape index (κ1) is 23.9. The summed E-state index contributed by atoms with van der Waals surface area (Å²) in [7, 11) is 0. The van der Waals surface area contributed by atoms with Crippen molar-refractivity contribution in [2.45, 2.75) is 64.1 Å². The first-order valence-corrected chi connectivity index (χ1v) is 12.1. The first-order valence-electron chi connectivity index (χ1n) is 12.1. The smallest absolute Gasteiger partial charge is 0.266 e. The van der Waals surface area contributed by atoms with Crippen molar-refractivity contribution in [1.82, 2.24) is 19.5 Å².